The summed E-state index contributed by atoms with van der Waals surface area (Å²) in [7, 11) is 0. The Morgan fingerprint density at radius 3 is 2.88 bits per heavy atom. The van der Waals surface area contributed by atoms with Crippen molar-refractivity contribution in [3.8, 4) is 0 Å². The lowest BCUT2D eigenvalue weighted by molar-refractivity contribution is -0.144. The molecule has 92 valence electrons. The highest BCUT2D eigenvalue weighted by Gasteiger charge is 2.39. The Morgan fingerprint density at radius 1 is 1.53 bits per heavy atom. The fraction of sp³-hybridized carbons (Fsp3) is 0.500. The summed E-state index contributed by atoms with van der Waals surface area (Å²) in [6, 6.07) is 3.89. The molecular formula is C12H16N2O2S. The summed E-state index contributed by atoms with van der Waals surface area (Å²) in [5, 5.41) is 9.42. The van der Waals surface area contributed by atoms with E-state index in [1.165, 1.54) is 0 Å². The predicted molar refractivity (Wildman–Crippen MR) is 66.9 cm³/mol. The van der Waals surface area contributed by atoms with Gasteiger partial charge in [-0.25, -0.2) is 0 Å². The van der Waals surface area contributed by atoms with Gasteiger partial charge >= 0.3 is 5.97 Å². The van der Waals surface area contributed by atoms with E-state index in [1.807, 2.05) is 12.1 Å². The minimum atomic E-state index is -1.04. The Hall–Kier alpha value is -1.07. The predicted octanol–water partition coefficient (Wildman–Crippen LogP) is 1.90. The Labute approximate surface area is 105 Å². The van der Waals surface area contributed by atoms with Crippen LogP contribution in [0.3, 0.4) is 0 Å². The first-order valence-electron chi connectivity index (χ1n) is 5.69. The number of pyridine rings is 1. The van der Waals surface area contributed by atoms with Gasteiger partial charge in [0.05, 0.1) is 0 Å². The van der Waals surface area contributed by atoms with Crippen molar-refractivity contribution >= 4 is 17.7 Å². The monoisotopic (exact) mass is 252 g/mol. The Morgan fingerprint density at radius 2 is 2.24 bits per heavy atom. The maximum absolute atomic E-state index is 11.1. The average molecular weight is 252 g/mol. The molecule has 0 amide bonds. The number of hydrogen-bond donors (Lipinski definition) is 2. The second-order valence-electron chi connectivity index (χ2n) is 4.48. The van der Waals surface area contributed by atoms with Gasteiger partial charge in [-0.2, -0.15) is 0 Å². The van der Waals surface area contributed by atoms with Crippen LogP contribution in [0.4, 0.5) is 0 Å². The Kier molecular flexibility index (Phi) is 3.69. The van der Waals surface area contributed by atoms with Crippen molar-refractivity contribution in [2.24, 2.45) is 5.73 Å². The zero-order valence-electron chi connectivity index (χ0n) is 9.50. The molecule has 2 atom stereocenters. The van der Waals surface area contributed by atoms with E-state index in [0.717, 1.165) is 17.7 Å². The summed E-state index contributed by atoms with van der Waals surface area (Å²) in [4.78, 5) is 16.2. The highest BCUT2D eigenvalue weighted by molar-refractivity contribution is 8.00. The fourth-order valence-corrected chi connectivity index (χ4v) is 3.49. The fourth-order valence-electron chi connectivity index (χ4n) is 2.16. The molecule has 0 saturated heterocycles. The van der Waals surface area contributed by atoms with E-state index in [1.54, 1.807) is 24.2 Å². The number of nitrogens with two attached hydrogens (primary N) is 1. The highest BCUT2D eigenvalue weighted by Crippen LogP contribution is 2.37. The third-order valence-electron chi connectivity index (χ3n) is 3.12. The summed E-state index contributed by atoms with van der Waals surface area (Å²) in [5.41, 5.74) is 4.88. The molecule has 1 heterocycles. The molecule has 0 aromatic carbocycles. The van der Waals surface area contributed by atoms with Crippen molar-refractivity contribution in [3.05, 3.63) is 24.5 Å². The van der Waals surface area contributed by atoms with Gasteiger partial charge in [0.2, 0.25) is 0 Å². The molecule has 17 heavy (non-hydrogen) atoms. The average Bonchev–Trinajstić information content (AvgIpc) is 2.30. The summed E-state index contributed by atoms with van der Waals surface area (Å²) < 4.78 is 0. The van der Waals surface area contributed by atoms with Gasteiger partial charge in [-0.1, -0.05) is 0 Å². The normalized spacial score (nSPS) is 28.9. The number of thioether (sulfide) groups is 1. The topological polar surface area (TPSA) is 76.2 Å². The van der Waals surface area contributed by atoms with Crippen LogP contribution in [0.1, 0.15) is 25.7 Å². The third-order valence-corrected chi connectivity index (χ3v) is 4.40. The number of aliphatic carboxylic acids is 1. The van der Waals surface area contributed by atoms with E-state index in [9.17, 15) is 4.79 Å². The largest absolute Gasteiger partial charge is 0.480 e. The van der Waals surface area contributed by atoms with Crippen LogP contribution in [0.15, 0.2) is 29.4 Å². The molecule has 4 nitrogen and oxygen atoms in total. The number of rotatable bonds is 3. The van der Waals surface area contributed by atoms with Crippen molar-refractivity contribution in [2.45, 2.75) is 41.4 Å². The summed E-state index contributed by atoms with van der Waals surface area (Å²) in [6.45, 7) is 0. The molecule has 1 aliphatic rings. The molecule has 5 heteroatoms. The highest BCUT2D eigenvalue weighted by atomic mass is 32.2. The zero-order chi connectivity index (χ0) is 12.3. The van der Waals surface area contributed by atoms with Gasteiger partial charge in [0.1, 0.15) is 5.54 Å². The van der Waals surface area contributed by atoms with Crippen LogP contribution in [0.5, 0.6) is 0 Å². The van der Waals surface area contributed by atoms with E-state index >= 15 is 0 Å². The van der Waals surface area contributed by atoms with Gasteiger partial charge < -0.3 is 10.8 Å². The smallest absolute Gasteiger partial charge is 0.323 e. The molecule has 0 radical (unpaired) electrons. The van der Waals surface area contributed by atoms with Gasteiger partial charge in [-0.05, 0) is 37.8 Å². The number of carbonyl (C=O) groups is 1. The van der Waals surface area contributed by atoms with E-state index in [4.69, 9.17) is 10.8 Å². The maximum Gasteiger partial charge on any atom is 0.323 e. The molecule has 0 bridgehead atoms. The summed E-state index contributed by atoms with van der Waals surface area (Å²) >= 11 is 1.70. The molecule has 0 spiro atoms. The Bertz CT molecular complexity index is 399. The second-order valence-corrected chi connectivity index (χ2v) is 5.85. The van der Waals surface area contributed by atoms with Crippen molar-refractivity contribution < 1.29 is 9.90 Å². The second kappa shape index (κ2) is 5.06. The minimum absolute atomic E-state index is 0.284. The molecule has 2 unspecified atom stereocenters. The van der Waals surface area contributed by atoms with Gasteiger partial charge in [0.15, 0.2) is 0 Å². The number of nitrogens with zero attached hydrogens (tertiary/aromatic N) is 1. The molecule has 3 N–H and O–H groups in total. The first-order valence-corrected chi connectivity index (χ1v) is 6.57. The lowest BCUT2D eigenvalue weighted by Gasteiger charge is -2.34. The molecule has 1 aromatic rings. The standard InChI is InChI=1S/C12H16N2O2S/c13-12(11(15)16)5-1-2-10(8-12)17-9-3-6-14-7-4-9/h3-4,6-7,10H,1-2,5,8,13H2,(H,15,16). The van der Waals surface area contributed by atoms with E-state index in [2.05, 4.69) is 4.98 Å². The van der Waals surface area contributed by atoms with Crippen molar-refractivity contribution in [3.63, 3.8) is 0 Å². The van der Waals surface area contributed by atoms with E-state index < -0.39 is 11.5 Å². The van der Waals surface area contributed by atoms with Crippen LogP contribution in [-0.2, 0) is 4.79 Å². The SMILES string of the molecule is NC1(C(=O)O)CCCC(Sc2ccncc2)C1. The van der Waals surface area contributed by atoms with Crippen LogP contribution in [0.2, 0.25) is 0 Å². The minimum Gasteiger partial charge on any atom is -0.480 e. The molecule has 0 aliphatic heterocycles. The zero-order valence-corrected chi connectivity index (χ0v) is 10.3. The van der Waals surface area contributed by atoms with Crippen molar-refractivity contribution in [1.29, 1.82) is 0 Å². The van der Waals surface area contributed by atoms with Crippen LogP contribution < -0.4 is 5.73 Å². The summed E-state index contributed by atoms with van der Waals surface area (Å²) in [5.74, 6) is -0.877. The molecule has 1 fully saturated rings. The molecule has 2 rings (SSSR count). The molecule has 1 aromatic heterocycles. The molecule has 1 aliphatic carbocycles. The van der Waals surface area contributed by atoms with Crippen LogP contribution in [0.25, 0.3) is 0 Å². The van der Waals surface area contributed by atoms with Crippen LogP contribution in [0, 0.1) is 0 Å². The van der Waals surface area contributed by atoms with Gasteiger partial charge in [0.25, 0.3) is 0 Å². The quantitative estimate of drug-likeness (QED) is 0.859. The lowest BCUT2D eigenvalue weighted by Crippen LogP contribution is -2.51. The third kappa shape index (κ3) is 2.98. The number of carboxylic acid groups (broad SMARTS) is 1. The molecule has 1 saturated carbocycles. The van der Waals surface area contributed by atoms with Crippen LogP contribution in [-0.4, -0.2) is 26.8 Å². The first kappa shape index (κ1) is 12.4. The van der Waals surface area contributed by atoms with Crippen LogP contribution >= 0.6 is 11.8 Å². The van der Waals surface area contributed by atoms with Gasteiger partial charge in [-0.3, -0.25) is 9.78 Å². The first-order chi connectivity index (χ1) is 8.10. The van der Waals surface area contributed by atoms with Gasteiger partial charge in [0, 0.05) is 22.5 Å². The van der Waals surface area contributed by atoms with E-state index in [-0.39, 0.29) is 5.25 Å². The van der Waals surface area contributed by atoms with E-state index in [0.29, 0.717) is 12.8 Å². The lowest BCUT2D eigenvalue weighted by atomic mass is 9.82. The number of carboxylic acids is 1. The Balaban J connectivity index is 2.01. The van der Waals surface area contributed by atoms with Crippen molar-refractivity contribution in [1.82, 2.24) is 4.98 Å². The maximum atomic E-state index is 11.1. The number of hydrogen-bond acceptors (Lipinski definition) is 4. The molecular weight excluding hydrogens is 236 g/mol. The van der Waals surface area contributed by atoms with Crippen molar-refractivity contribution in [2.75, 3.05) is 0 Å². The summed E-state index contributed by atoms with van der Waals surface area (Å²) in [6.07, 6.45) is 6.52. The van der Waals surface area contributed by atoms with Gasteiger partial charge in [-0.15, -0.1) is 11.8 Å². The number of aromatic nitrogens is 1.